The molecule has 2 aromatic rings. The van der Waals surface area contributed by atoms with E-state index >= 15 is 0 Å². The van der Waals surface area contributed by atoms with E-state index in [-0.39, 0.29) is 35.4 Å². The Bertz CT molecular complexity index is 975. The maximum Gasteiger partial charge on any atom is 0.246 e. The second-order valence-corrected chi connectivity index (χ2v) is 7.98. The van der Waals surface area contributed by atoms with E-state index in [2.05, 4.69) is 0 Å². The first-order valence-corrected chi connectivity index (χ1v) is 10.3. The van der Waals surface area contributed by atoms with E-state index in [0.717, 1.165) is 12.0 Å². The van der Waals surface area contributed by atoms with Crippen LogP contribution in [0, 0.1) is 17.6 Å². The summed E-state index contributed by atoms with van der Waals surface area (Å²) in [6, 6.07) is 12.5. The summed E-state index contributed by atoms with van der Waals surface area (Å²) in [6.45, 7) is 1.54. The number of fused-ring (bicyclic) bond motifs is 1. The third-order valence-corrected chi connectivity index (χ3v) is 5.96. The highest BCUT2D eigenvalue weighted by atomic mass is 19.1. The summed E-state index contributed by atoms with van der Waals surface area (Å²) >= 11 is 0. The van der Waals surface area contributed by atoms with E-state index in [0.29, 0.717) is 38.0 Å². The Balaban J connectivity index is 1.41. The number of benzene rings is 2. The highest BCUT2D eigenvalue weighted by Gasteiger charge is 2.39. The fraction of sp³-hybridized carbons (Fsp3) is 0.333. The predicted molar refractivity (Wildman–Crippen MR) is 110 cm³/mol. The molecule has 2 saturated heterocycles. The van der Waals surface area contributed by atoms with Gasteiger partial charge in [-0.3, -0.25) is 9.59 Å². The van der Waals surface area contributed by atoms with Gasteiger partial charge in [0, 0.05) is 38.2 Å². The van der Waals surface area contributed by atoms with E-state index in [9.17, 15) is 18.4 Å². The molecule has 4 nitrogen and oxygen atoms in total. The van der Waals surface area contributed by atoms with E-state index in [4.69, 9.17) is 0 Å². The van der Waals surface area contributed by atoms with E-state index in [1.807, 2.05) is 11.0 Å². The van der Waals surface area contributed by atoms with Crippen LogP contribution < -0.4 is 0 Å². The predicted octanol–water partition coefficient (Wildman–Crippen LogP) is 4.02. The summed E-state index contributed by atoms with van der Waals surface area (Å²) in [7, 11) is 0. The van der Waals surface area contributed by atoms with Gasteiger partial charge < -0.3 is 9.80 Å². The second-order valence-electron chi connectivity index (χ2n) is 7.98. The first kappa shape index (κ1) is 20.3. The smallest absolute Gasteiger partial charge is 0.246 e. The highest BCUT2D eigenvalue weighted by Crippen LogP contribution is 2.32. The fourth-order valence-electron chi connectivity index (χ4n) is 4.47. The van der Waals surface area contributed by atoms with E-state index in [1.165, 1.54) is 30.3 Å². The number of carbonyl (C=O) groups is 2. The first-order chi connectivity index (χ1) is 14.5. The summed E-state index contributed by atoms with van der Waals surface area (Å²) in [5.74, 6) is -0.455. The molecular formula is C24H24F2N2O2. The van der Waals surface area contributed by atoms with Crippen LogP contribution in [0.3, 0.4) is 0 Å². The lowest BCUT2D eigenvalue weighted by atomic mass is 9.83. The molecule has 0 N–H and O–H groups in total. The van der Waals surface area contributed by atoms with Gasteiger partial charge in [0.1, 0.15) is 11.6 Å². The maximum atomic E-state index is 13.5. The van der Waals surface area contributed by atoms with Gasteiger partial charge in [-0.15, -0.1) is 0 Å². The van der Waals surface area contributed by atoms with Gasteiger partial charge in [-0.05, 0) is 60.2 Å². The molecule has 0 radical (unpaired) electrons. The van der Waals surface area contributed by atoms with Crippen molar-refractivity contribution >= 4 is 17.9 Å². The second kappa shape index (κ2) is 8.78. The number of amides is 2. The van der Waals surface area contributed by atoms with Crippen molar-refractivity contribution in [3.63, 3.8) is 0 Å². The van der Waals surface area contributed by atoms with Crippen LogP contribution in [-0.4, -0.2) is 40.7 Å². The van der Waals surface area contributed by atoms with Crippen LogP contribution in [0.4, 0.5) is 8.78 Å². The Kier molecular flexibility index (Phi) is 5.93. The van der Waals surface area contributed by atoms with E-state index in [1.54, 1.807) is 29.2 Å². The molecule has 156 valence electrons. The monoisotopic (exact) mass is 410 g/mol. The largest absolute Gasteiger partial charge is 0.339 e. The van der Waals surface area contributed by atoms with Crippen molar-refractivity contribution in [3.05, 3.63) is 77.4 Å². The van der Waals surface area contributed by atoms with Crippen LogP contribution in [0.15, 0.2) is 54.6 Å². The number of carbonyl (C=O) groups excluding carboxylic acids is 2. The average Bonchev–Trinajstić information content (AvgIpc) is 2.74. The van der Waals surface area contributed by atoms with Gasteiger partial charge in [-0.1, -0.05) is 24.3 Å². The molecule has 4 rings (SSSR count). The van der Waals surface area contributed by atoms with Crippen LogP contribution in [0.5, 0.6) is 0 Å². The zero-order chi connectivity index (χ0) is 21.1. The average molecular weight is 410 g/mol. The number of piperidine rings is 2. The normalized spacial score (nSPS) is 21.7. The molecule has 6 heteroatoms. The van der Waals surface area contributed by atoms with E-state index < -0.39 is 0 Å². The van der Waals surface area contributed by atoms with Gasteiger partial charge in [-0.25, -0.2) is 8.78 Å². The fourth-order valence-corrected chi connectivity index (χ4v) is 4.47. The summed E-state index contributed by atoms with van der Waals surface area (Å²) < 4.78 is 26.8. The number of hydrogen-bond donors (Lipinski definition) is 0. The topological polar surface area (TPSA) is 40.6 Å². The SMILES string of the molecule is O=C(/C=C/c1cccc(F)c1)N1CC[C@H]2[C@H](CCC(=O)N2Cc2cccc(F)c2)C1. The lowest BCUT2D eigenvalue weighted by Gasteiger charge is -2.47. The van der Waals surface area contributed by atoms with Gasteiger partial charge in [0.15, 0.2) is 0 Å². The number of rotatable bonds is 4. The summed E-state index contributed by atoms with van der Waals surface area (Å²) in [5, 5.41) is 0. The minimum absolute atomic E-state index is 0.0609. The number of hydrogen-bond acceptors (Lipinski definition) is 2. The van der Waals surface area contributed by atoms with Crippen molar-refractivity contribution in [3.8, 4) is 0 Å². The van der Waals surface area contributed by atoms with Crippen molar-refractivity contribution in [2.75, 3.05) is 13.1 Å². The summed E-state index contributed by atoms with van der Waals surface area (Å²) in [5.41, 5.74) is 1.42. The van der Waals surface area contributed by atoms with Crippen LogP contribution in [0.2, 0.25) is 0 Å². The van der Waals surface area contributed by atoms with Crippen LogP contribution in [0.1, 0.15) is 30.4 Å². The van der Waals surface area contributed by atoms with Gasteiger partial charge in [0.05, 0.1) is 0 Å². The van der Waals surface area contributed by atoms with Crippen LogP contribution >= 0.6 is 0 Å². The summed E-state index contributed by atoms with van der Waals surface area (Å²) in [6.07, 6.45) is 5.00. The van der Waals surface area contributed by atoms with Crippen molar-refractivity contribution in [1.82, 2.24) is 9.80 Å². The molecule has 2 aliphatic rings. The minimum Gasteiger partial charge on any atom is -0.339 e. The molecule has 2 fully saturated rings. The van der Waals surface area contributed by atoms with Crippen LogP contribution in [-0.2, 0) is 16.1 Å². The van der Waals surface area contributed by atoms with Crippen LogP contribution in [0.25, 0.3) is 6.08 Å². The Labute approximate surface area is 174 Å². The Morgan fingerprint density at radius 2 is 1.83 bits per heavy atom. The molecular weight excluding hydrogens is 386 g/mol. The summed E-state index contributed by atoms with van der Waals surface area (Å²) in [4.78, 5) is 28.8. The third-order valence-electron chi connectivity index (χ3n) is 5.96. The lowest BCUT2D eigenvalue weighted by molar-refractivity contribution is -0.143. The van der Waals surface area contributed by atoms with Crippen molar-refractivity contribution < 1.29 is 18.4 Å². The van der Waals surface area contributed by atoms with Gasteiger partial charge >= 0.3 is 0 Å². The zero-order valence-electron chi connectivity index (χ0n) is 16.6. The molecule has 0 unspecified atom stereocenters. The number of likely N-dealkylation sites (tertiary alicyclic amines) is 2. The molecule has 2 aromatic carbocycles. The minimum atomic E-state index is -0.337. The molecule has 2 amide bonds. The first-order valence-electron chi connectivity index (χ1n) is 10.3. The Morgan fingerprint density at radius 3 is 2.60 bits per heavy atom. The van der Waals surface area contributed by atoms with Crippen molar-refractivity contribution in [2.45, 2.75) is 31.8 Å². The molecule has 0 saturated carbocycles. The molecule has 0 aliphatic carbocycles. The standard InChI is InChI=1S/C24H24F2N2O2/c25-20-5-1-3-17(13-20)7-9-23(29)27-12-11-22-19(16-27)8-10-24(30)28(22)15-18-4-2-6-21(26)14-18/h1-7,9,13-14,19,22H,8,10-12,15-16H2/b9-7+/t19-,22+/m1/s1. The molecule has 30 heavy (non-hydrogen) atoms. The molecule has 2 heterocycles. The molecule has 0 aromatic heterocycles. The molecule has 0 bridgehead atoms. The number of halogens is 2. The van der Waals surface area contributed by atoms with Gasteiger partial charge in [-0.2, -0.15) is 0 Å². The molecule has 2 aliphatic heterocycles. The number of nitrogens with zero attached hydrogens (tertiary/aromatic N) is 2. The molecule has 0 spiro atoms. The third kappa shape index (κ3) is 4.58. The highest BCUT2D eigenvalue weighted by molar-refractivity contribution is 5.92. The van der Waals surface area contributed by atoms with Crippen molar-refractivity contribution in [1.29, 1.82) is 0 Å². The Morgan fingerprint density at radius 1 is 1.07 bits per heavy atom. The lowest BCUT2D eigenvalue weighted by Crippen LogP contribution is -2.56. The van der Waals surface area contributed by atoms with Crippen molar-refractivity contribution in [2.24, 2.45) is 5.92 Å². The van der Waals surface area contributed by atoms with Gasteiger partial charge in [0.25, 0.3) is 0 Å². The quantitative estimate of drug-likeness (QED) is 0.715. The Hall–Kier alpha value is -3.02. The molecule has 2 atom stereocenters. The zero-order valence-corrected chi connectivity index (χ0v) is 16.6. The maximum absolute atomic E-state index is 13.5. The van der Waals surface area contributed by atoms with Gasteiger partial charge in [0.2, 0.25) is 11.8 Å².